The van der Waals surface area contributed by atoms with Crippen LogP contribution < -0.4 is 19.1 Å². The second-order valence-corrected chi connectivity index (χ2v) is 10.4. The van der Waals surface area contributed by atoms with E-state index >= 15 is 0 Å². The molecule has 0 saturated heterocycles. The van der Waals surface area contributed by atoms with E-state index in [4.69, 9.17) is 14.2 Å². The predicted octanol–water partition coefficient (Wildman–Crippen LogP) is 7.32. The number of anilines is 1. The molecule has 0 aliphatic heterocycles. The molecule has 0 radical (unpaired) electrons. The lowest BCUT2D eigenvalue weighted by Crippen LogP contribution is -2.09. The van der Waals surface area contributed by atoms with Gasteiger partial charge in [0, 0.05) is 26.0 Å². The van der Waals surface area contributed by atoms with Crippen LogP contribution in [0.15, 0.2) is 77.8 Å². The maximum atomic E-state index is 12.4. The van der Waals surface area contributed by atoms with Crippen LogP contribution in [-0.2, 0) is 11.2 Å². The molecule has 0 atom stereocenters. The second kappa shape index (κ2) is 16.9. The van der Waals surface area contributed by atoms with Crippen LogP contribution in [0.4, 0.5) is 5.69 Å². The number of carbonyl (C=O) groups excluding carboxylic acids is 2. The summed E-state index contributed by atoms with van der Waals surface area (Å²) in [7, 11) is 3.99. The van der Waals surface area contributed by atoms with Gasteiger partial charge in [-0.25, -0.2) is 9.79 Å². The van der Waals surface area contributed by atoms with E-state index in [1.165, 1.54) is 0 Å². The lowest BCUT2D eigenvalue weighted by Gasteiger charge is -2.12. The van der Waals surface area contributed by atoms with Crippen molar-refractivity contribution in [2.45, 2.75) is 64.9 Å². The first kappa shape index (κ1) is 31.4. The highest BCUT2D eigenvalue weighted by Gasteiger charge is 2.09. The standard InChI is InChI=1S/C34H42N2O5/c1-26(2)40-31-17-13-28(14-18-31)34(38)41-32-21-19-30(20-22-32)39-24-10-8-6-5-7-9-23-35-33(37)25-27-11-15-29(16-12-27)36(3)4/h11-23,26H,5-10,24-25H2,1-4H3. The minimum Gasteiger partial charge on any atom is -0.494 e. The molecule has 3 rings (SSSR count). The van der Waals surface area contributed by atoms with Gasteiger partial charge >= 0.3 is 5.97 Å². The molecule has 0 aliphatic rings. The van der Waals surface area contributed by atoms with Crippen molar-refractivity contribution < 1.29 is 23.8 Å². The van der Waals surface area contributed by atoms with Gasteiger partial charge in [0.05, 0.1) is 24.7 Å². The minimum atomic E-state index is -0.418. The first-order chi connectivity index (χ1) is 19.8. The van der Waals surface area contributed by atoms with Crippen LogP contribution in [0.3, 0.4) is 0 Å². The zero-order chi connectivity index (χ0) is 29.5. The number of hydrogen-bond acceptors (Lipinski definition) is 6. The Morgan fingerprint density at radius 1 is 0.780 bits per heavy atom. The molecule has 0 N–H and O–H groups in total. The first-order valence-electron chi connectivity index (χ1n) is 14.3. The smallest absolute Gasteiger partial charge is 0.343 e. The zero-order valence-corrected chi connectivity index (χ0v) is 24.7. The van der Waals surface area contributed by atoms with E-state index in [9.17, 15) is 9.59 Å². The number of unbranched alkanes of at least 4 members (excludes halogenated alkanes) is 5. The summed E-state index contributed by atoms with van der Waals surface area (Å²) < 4.78 is 16.9. The van der Waals surface area contributed by atoms with Crippen LogP contribution in [0.25, 0.3) is 0 Å². The van der Waals surface area contributed by atoms with Crippen molar-refractivity contribution in [3.8, 4) is 17.2 Å². The quantitative estimate of drug-likeness (QED) is 0.0793. The average Bonchev–Trinajstić information content (AvgIpc) is 2.95. The third-order valence-electron chi connectivity index (χ3n) is 6.29. The lowest BCUT2D eigenvalue weighted by atomic mass is 10.1. The topological polar surface area (TPSA) is 77.4 Å². The molecule has 7 heteroatoms. The normalized spacial score (nSPS) is 11.0. The van der Waals surface area contributed by atoms with Gasteiger partial charge in [-0.2, -0.15) is 0 Å². The van der Waals surface area contributed by atoms with Crippen LogP contribution in [0.2, 0.25) is 0 Å². The third kappa shape index (κ3) is 11.9. The average molecular weight is 559 g/mol. The zero-order valence-electron chi connectivity index (χ0n) is 24.7. The van der Waals surface area contributed by atoms with Crippen molar-refractivity contribution in [2.24, 2.45) is 4.99 Å². The molecule has 218 valence electrons. The molecule has 41 heavy (non-hydrogen) atoms. The summed E-state index contributed by atoms with van der Waals surface area (Å²) in [5.41, 5.74) is 2.56. The number of benzene rings is 3. The summed E-state index contributed by atoms with van der Waals surface area (Å²) in [6, 6.07) is 22.0. The Labute approximate surface area is 244 Å². The number of aliphatic imine (C=N–C) groups is 1. The van der Waals surface area contributed by atoms with Crippen LogP contribution in [0.1, 0.15) is 68.3 Å². The molecule has 0 aromatic heterocycles. The highest BCUT2D eigenvalue weighted by molar-refractivity contribution is 5.91. The Balaban J connectivity index is 1.23. The van der Waals surface area contributed by atoms with E-state index in [-0.39, 0.29) is 12.0 Å². The summed E-state index contributed by atoms with van der Waals surface area (Å²) >= 11 is 0. The predicted molar refractivity (Wildman–Crippen MR) is 165 cm³/mol. The molecule has 3 aromatic rings. The molecule has 0 aliphatic carbocycles. The van der Waals surface area contributed by atoms with Gasteiger partial charge in [-0.1, -0.05) is 31.4 Å². The Morgan fingerprint density at radius 3 is 2.05 bits per heavy atom. The lowest BCUT2D eigenvalue weighted by molar-refractivity contribution is -0.117. The summed E-state index contributed by atoms with van der Waals surface area (Å²) in [6.45, 7) is 4.54. The second-order valence-electron chi connectivity index (χ2n) is 10.4. The molecule has 0 saturated carbocycles. The number of nitrogens with zero attached hydrogens (tertiary/aromatic N) is 2. The van der Waals surface area contributed by atoms with Crippen LogP contribution >= 0.6 is 0 Å². The van der Waals surface area contributed by atoms with E-state index in [1.807, 2.05) is 69.2 Å². The third-order valence-corrected chi connectivity index (χ3v) is 6.29. The van der Waals surface area contributed by atoms with Gasteiger partial charge in [0.25, 0.3) is 0 Å². The van der Waals surface area contributed by atoms with E-state index in [1.54, 1.807) is 42.6 Å². The molecule has 7 nitrogen and oxygen atoms in total. The molecule has 0 fully saturated rings. The minimum absolute atomic E-state index is 0.0756. The van der Waals surface area contributed by atoms with E-state index in [0.29, 0.717) is 24.3 Å². The van der Waals surface area contributed by atoms with Crippen LogP contribution in [0, 0.1) is 0 Å². The fraction of sp³-hybridized carbons (Fsp3) is 0.382. The molecular weight excluding hydrogens is 516 g/mol. The van der Waals surface area contributed by atoms with Crippen molar-refractivity contribution >= 4 is 23.8 Å². The molecule has 0 unspecified atom stereocenters. The van der Waals surface area contributed by atoms with Gasteiger partial charge < -0.3 is 19.1 Å². The summed E-state index contributed by atoms with van der Waals surface area (Å²) in [5, 5.41) is 0. The van der Waals surface area contributed by atoms with E-state index < -0.39 is 5.97 Å². The van der Waals surface area contributed by atoms with Crippen LogP contribution in [-0.4, -0.2) is 44.9 Å². The highest BCUT2D eigenvalue weighted by Crippen LogP contribution is 2.20. The maximum Gasteiger partial charge on any atom is 0.343 e. The summed E-state index contributed by atoms with van der Waals surface area (Å²) in [5.74, 6) is 1.41. The molecule has 0 bridgehead atoms. The Morgan fingerprint density at radius 2 is 1.39 bits per heavy atom. The van der Waals surface area contributed by atoms with Gasteiger partial charge in [-0.15, -0.1) is 0 Å². The van der Waals surface area contributed by atoms with Gasteiger partial charge in [0.2, 0.25) is 5.91 Å². The maximum absolute atomic E-state index is 12.4. The highest BCUT2D eigenvalue weighted by atomic mass is 16.5. The van der Waals surface area contributed by atoms with Gasteiger partial charge in [-0.3, -0.25) is 4.79 Å². The fourth-order valence-corrected chi connectivity index (χ4v) is 4.07. The number of hydrogen-bond donors (Lipinski definition) is 0. The molecule has 3 aromatic carbocycles. The van der Waals surface area contributed by atoms with Gasteiger partial charge in [-0.05, 0) is 99.3 Å². The Kier molecular flexibility index (Phi) is 12.9. The monoisotopic (exact) mass is 558 g/mol. The molecule has 0 heterocycles. The van der Waals surface area contributed by atoms with E-state index in [2.05, 4.69) is 4.99 Å². The summed E-state index contributed by atoms with van der Waals surface area (Å²) in [4.78, 5) is 30.6. The van der Waals surface area contributed by atoms with Crippen molar-refractivity contribution in [3.63, 3.8) is 0 Å². The Hall–Kier alpha value is -4.13. The SMILES string of the molecule is CC(C)Oc1ccc(C(=O)Oc2ccc(OCCCCCCCC=NC(=O)Cc3ccc(N(C)C)cc3)cc2)cc1. The van der Waals surface area contributed by atoms with Crippen molar-refractivity contribution in [1.29, 1.82) is 0 Å². The van der Waals surface area contributed by atoms with Crippen LogP contribution in [0.5, 0.6) is 17.2 Å². The fourth-order valence-electron chi connectivity index (χ4n) is 4.07. The largest absolute Gasteiger partial charge is 0.494 e. The number of amides is 1. The van der Waals surface area contributed by atoms with Crippen molar-refractivity contribution in [3.05, 3.63) is 83.9 Å². The van der Waals surface area contributed by atoms with Crippen molar-refractivity contribution in [1.82, 2.24) is 0 Å². The van der Waals surface area contributed by atoms with Gasteiger partial charge in [0.1, 0.15) is 17.2 Å². The molecule has 1 amide bonds. The number of ether oxygens (including phenoxy) is 3. The number of esters is 1. The van der Waals surface area contributed by atoms with Gasteiger partial charge in [0.15, 0.2) is 0 Å². The van der Waals surface area contributed by atoms with E-state index in [0.717, 1.165) is 61.3 Å². The van der Waals surface area contributed by atoms with Crippen molar-refractivity contribution in [2.75, 3.05) is 25.6 Å². The molecular formula is C34H42N2O5. The number of carbonyl (C=O) groups is 2. The summed E-state index contributed by atoms with van der Waals surface area (Å²) in [6.07, 6.45) is 8.25. The first-order valence-corrected chi connectivity index (χ1v) is 14.3. The number of rotatable bonds is 16. The Bertz CT molecular complexity index is 1230. The molecule has 0 spiro atoms.